The Balaban J connectivity index is 3.16. The van der Waals surface area contributed by atoms with E-state index in [0.29, 0.717) is 6.07 Å². The predicted molar refractivity (Wildman–Crippen MR) is 42.0 cm³/mol. The summed E-state index contributed by atoms with van der Waals surface area (Å²) in [4.78, 5) is 0. The Morgan fingerprint density at radius 1 is 1.23 bits per heavy atom. The van der Waals surface area contributed by atoms with Crippen molar-refractivity contribution in [1.29, 1.82) is 0 Å². The molecule has 0 unspecified atom stereocenters. The van der Waals surface area contributed by atoms with E-state index in [-0.39, 0.29) is 5.56 Å². The molecule has 0 saturated carbocycles. The molecule has 0 aliphatic heterocycles. The first-order valence-electron chi connectivity index (χ1n) is 3.43. The van der Waals surface area contributed by atoms with E-state index in [4.69, 9.17) is 10.2 Å². The van der Waals surface area contributed by atoms with Gasteiger partial charge in [-0.05, 0) is 6.07 Å². The van der Waals surface area contributed by atoms with E-state index in [1.54, 1.807) is 0 Å². The number of phenols is 1. The summed E-state index contributed by atoms with van der Waals surface area (Å²) in [5.74, 6) is 1.86. The fourth-order valence-corrected chi connectivity index (χ4v) is 0.767. The molecule has 0 saturated heterocycles. The number of aliphatic hydroxyl groups excluding tert-OH is 1. The van der Waals surface area contributed by atoms with Crippen LogP contribution >= 0.6 is 0 Å². The Bertz CT molecular complexity index is 377. The van der Waals surface area contributed by atoms with Crippen molar-refractivity contribution in [2.75, 3.05) is 6.61 Å². The van der Waals surface area contributed by atoms with E-state index >= 15 is 0 Å². The zero-order valence-electron chi connectivity index (χ0n) is 6.51. The summed E-state index contributed by atoms with van der Waals surface area (Å²) in [7, 11) is 0. The number of benzene rings is 1. The van der Waals surface area contributed by atoms with Gasteiger partial charge in [-0.3, -0.25) is 0 Å². The molecule has 13 heavy (non-hydrogen) atoms. The quantitative estimate of drug-likeness (QED) is 0.591. The van der Waals surface area contributed by atoms with Crippen LogP contribution in [0.4, 0.5) is 8.78 Å². The lowest BCUT2D eigenvalue weighted by atomic mass is 10.2. The molecule has 0 aliphatic rings. The second-order valence-electron chi connectivity index (χ2n) is 2.24. The van der Waals surface area contributed by atoms with Gasteiger partial charge in [-0.25, -0.2) is 8.78 Å². The van der Waals surface area contributed by atoms with Crippen molar-refractivity contribution < 1.29 is 19.0 Å². The summed E-state index contributed by atoms with van der Waals surface area (Å²) >= 11 is 0. The number of halogens is 2. The Morgan fingerprint density at radius 3 is 2.54 bits per heavy atom. The molecule has 1 aromatic rings. The zero-order valence-corrected chi connectivity index (χ0v) is 6.51. The Labute approximate surface area is 73.4 Å². The van der Waals surface area contributed by atoms with Gasteiger partial charge in [-0.1, -0.05) is 11.8 Å². The third kappa shape index (κ3) is 2.17. The molecule has 2 nitrogen and oxygen atoms in total. The summed E-state index contributed by atoms with van der Waals surface area (Å²) in [5, 5.41) is 17.0. The molecule has 0 aromatic heterocycles. The van der Waals surface area contributed by atoms with Gasteiger partial charge in [-0.15, -0.1) is 0 Å². The van der Waals surface area contributed by atoms with Gasteiger partial charge in [0, 0.05) is 6.07 Å². The average molecular weight is 184 g/mol. The van der Waals surface area contributed by atoms with Crippen molar-refractivity contribution in [3.8, 4) is 17.6 Å². The number of rotatable bonds is 0. The van der Waals surface area contributed by atoms with Crippen molar-refractivity contribution in [1.82, 2.24) is 0 Å². The third-order valence-corrected chi connectivity index (χ3v) is 1.34. The minimum Gasteiger partial charge on any atom is -0.505 e. The first-order chi connectivity index (χ1) is 6.15. The van der Waals surface area contributed by atoms with E-state index in [2.05, 4.69) is 11.8 Å². The number of phenolic OH excluding ortho intramolecular Hbond substituents is 1. The topological polar surface area (TPSA) is 40.5 Å². The van der Waals surface area contributed by atoms with Crippen LogP contribution in [0.25, 0.3) is 0 Å². The molecule has 0 bridgehead atoms. The van der Waals surface area contributed by atoms with Crippen molar-refractivity contribution in [3.63, 3.8) is 0 Å². The summed E-state index contributed by atoms with van der Waals surface area (Å²) < 4.78 is 25.5. The molecule has 68 valence electrons. The minimum atomic E-state index is -0.941. The van der Waals surface area contributed by atoms with Gasteiger partial charge in [0.2, 0.25) is 0 Å². The van der Waals surface area contributed by atoms with E-state index in [9.17, 15) is 8.78 Å². The van der Waals surface area contributed by atoms with Crippen molar-refractivity contribution in [3.05, 3.63) is 29.3 Å². The highest BCUT2D eigenvalue weighted by atomic mass is 19.1. The molecule has 1 rings (SSSR count). The molecule has 0 amide bonds. The molecule has 4 heteroatoms. The SMILES string of the molecule is OCC#Cc1cc(F)c(O)cc1F. The fraction of sp³-hybridized carbons (Fsp3) is 0.111. The summed E-state index contributed by atoms with van der Waals surface area (Å²) in [6.07, 6.45) is 0. The lowest BCUT2D eigenvalue weighted by Gasteiger charge is -1.97. The first kappa shape index (κ1) is 9.49. The third-order valence-electron chi connectivity index (χ3n) is 1.34. The number of hydrogen-bond donors (Lipinski definition) is 2. The van der Waals surface area contributed by atoms with Crippen LogP contribution in [-0.4, -0.2) is 16.8 Å². The lowest BCUT2D eigenvalue weighted by molar-refractivity contribution is 0.350. The van der Waals surface area contributed by atoms with Gasteiger partial charge in [-0.2, -0.15) is 0 Å². The van der Waals surface area contributed by atoms with Crippen LogP contribution in [-0.2, 0) is 0 Å². The Morgan fingerprint density at radius 2 is 1.92 bits per heavy atom. The number of hydrogen-bond acceptors (Lipinski definition) is 2. The highest BCUT2D eigenvalue weighted by Crippen LogP contribution is 2.19. The maximum Gasteiger partial charge on any atom is 0.166 e. The van der Waals surface area contributed by atoms with E-state index in [1.807, 2.05) is 0 Å². The van der Waals surface area contributed by atoms with Gasteiger partial charge in [0.1, 0.15) is 12.4 Å². The van der Waals surface area contributed by atoms with Gasteiger partial charge in [0.05, 0.1) is 5.56 Å². The van der Waals surface area contributed by atoms with Gasteiger partial charge < -0.3 is 10.2 Å². The molecule has 1 aromatic carbocycles. The van der Waals surface area contributed by atoms with Crippen molar-refractivity contribution in [2.24, 2.45) is 0 Å². The highest BCUT2D eigenvalue weighted by molar-refractivity contribution is 5.40. The van der Waals surface area contributed by atoms with Crippen LogP contribution in [0.1, 0.15) is 5.56 Å². The van der Waals surface area contributed by atoms with Crippen LogP contribution in [0.2, 0.25) is 0 Å². The standard InChI is InChI=1S/C9H6F2O2/c10-7-5-9(13)8(11)4-6(7)2-1-3-12/h4-5,12-13H,3H2. The highest BCUT2D eigenvalue weighted by Gasteiger charge is 2.06. The molecular formula is C9H6F2O2. The smallest absolute Gasteiger partial charge is 0.166 e. The van der Waals surface area contributed by atoms with Crippen LogP contribution in [0.15, 0.2) is 12.1 Å². The second-order valence-corrected chi connectivity index (χ2v) is 2.24. The van der Waals surface area contributed by atoms with Crippen LogP contribution in [0, 0.1) is 23.5 Å². The largest absolute Gasteiger partial charge is 0.505 e. The van der Waals surface area contributed by atoms with Crippen LogP contribution in [0.3, 0.4) is 0 Å². The maximum absolute atomic E-state index is 12.8. The summed E-state index contributed by atoms with van der Waals surface area (Å²) in [6, 6.07) is 1.41. The molecule has 0 atom stereocenters. The molecule has 0 spiro atoms. The number of aromatic hydroxyl groups is 1. The zero-order chi connectivity index (χ0) is 9.84. The molecular weight excluding hydrogens is 178 g/mol. The normalized spacial score (nSPS) is 9.15. The minimum absolute atomic E-state index is 0.190. The monoisotopic (exact) mass is 184 g/mol. The lowest BCUT2D eigenvalue weighted by Crippen LogP contribution is -1.87. The Hall–Kier alpha value is -1.60. The second kappa shape index (κ2) is 3.87. The van der Waals surface area contributed by atoms with Crippen LogP contribution < -0.4 is 0 Å². The van der Waals surface area contributed by atoms with Gasteiger partial charge >= 0.3 is 0 Å². The first-order valence-corrected chi connectivity index (χ1v) is 3.43. The van der Waals surface area contributed by atoms with Gasteiger partial charge in [0.25, 0.3) is 0 Å². The summed E-state index contributed by atoms with van der Waals surface area (Å²) in [5.41, 5.74) is -0.190. The number of aliphatic hydroxyl groups is 1. The fourth-order valence-electron chi connectivity index (χ4n) is 0.767. The summed E-state index contributed by atoms with van der Waals surface area (Å²) in [6.45, 7) is -0.429. The van der Waals surface area contributed by atoms with E-state index in [1.165, 1.54) is 0 Å². The van der Waals surface area contributed by atoms with E-state index < -0.39 is 24.0 Å². The Kier molecular flexibility index (Phi) is 2.83. The van der Waals surface area contributed by atoms with Crippen molar-refractivity contribution in [2.45, 2.75) is 0 Å². The predicted octanol–water partition coefficient (Wildman–Crippen LogP) is 1.01. The van der Waals surface area contributed by atoms with E-state index in [0.717, 1.165) is 6.07 Å². The molecule has 0 heterocycles. The molecule has 0 radical (unpaired) electrons. The average Bonchev–Trinajstić information content (AvgIpc) is 2.09. The van der Waals surface area contributed by atoms with Gasteiger partial charge in [0.15, 0.2) is 11.6 Å². The maximum atomic E-state index is 12.8. The molecule has 0 aliphatic carbocycles. The molecule has 0 fully saturated rings. The van der Waals surface area contributed by atoms with Crippen LogP contribution in [0.5, 0.6) is 5.75 Å². The van der Waals surface area contributed by atoms with Crippen molar-refractivity contribution >= 4 is 0 Å². The molecule has 2 N–H and O–H groups in total.